The Morgan fingerprint density at radius 2 is 1.48 bits per heavy atom. The fourth-order valence-electron chi connectivity index (χ4n) is 4.96. The van der Waals surface area contributed by atoms with Gasteiger partial charge in [-0.15, -0.1) is 0 Å². The molecule has 2 heterocycles. The minimum Gasteiger partial charge on any atom is -0.464 e. The Labute approximate surface area is 191 Å². The first kappa shape index (κ1) is 22.5. The van der Waals surface area contributed by atoms with Crippen LogP contribution in [0.25, 0.3) is 0 Å². The van der Waals surface area contributed by atoms with Gasteiger partial charge in [0, 0.05) is 17.4 Å². The molecule has 2 aliphatic heterocycles. The summed E-state index contributed by atoms with van der Waals surface area (Å²) in [6.07, 6.45) is 0. The fourth-order valence-corrected chi connectivity index (χ4v) is 4.96. The lowest BCUT2D eigenvalue weighted by atomic mass is 9.74. The van der Waals surface area contributed by atoms with Crippen LogP contribution in [-0.2, 0) is 28.6 Å². The van der Waals surface area contributed by atoms with Gasteiger partial charge in [-0.25, -0.2) is 14.4 Å². The van der Waals surface area contributed by atoms with Crippen LogP contribution in [0.4, 0.5) is 0 Å². The highest BCUT2D eigenvalue weighted by Crippen LogP contribution is 2.53. The van der Waals surface area contributed by atoms with Crippen LogP contribution >= 0.6 is 0 Å². The smallest absolute Gasteiger partial charge is 0.344 e. The minimum atomic E-state index is -2.19. The summed E-state index contributed by atoms with van der Waals surface area (Å²) in [5, 5.41) is 0. The van der Waals surface area contributed by atoms with Crippen LogP contribution in [0.5, 0.6) is 0 Å². The van der Waals surface area contributed by atoms with Crippen molar-refractivity contribution in [3.63, 3.8) is 0 Å². The molecule has 33 heavy (non-hydrogen) atoms. The van der Waals surface area contributed by atoms with Crippen molar-refractivity contribution in [1.82, 2.24) is 4.90 Å². The Morgan fingerprint density at radius 3 is 2.03 bits per heavy atom. The molecule has 2 aromatic carbocycles. The maximum Gasteiger partial charge on any atom is 0.344 e. The van der Waals surface area contributed by atoms with Crippen molar-refractivity contribution in [2.45, 2.75) is 31.3 Å². The summed E-state index contributed by atoms with van der Waals surface area (Å²) in [6, 6.07) is 15.9. The zero-order valence-electron chi connectivity index (χ0n) is 18.4. The molecule has 0 spiro atoms. The van der Waals surface area contributed by atoms with Crippen molar-refractivity contribution in [1.29, 1.82) is 0 Å². The number of ether oxygens (including phenoxy) is 3. The lowest BCUT2D eigenvalue weighted by Crippen LogP contribution is -2.64. The Hall–Kier alpha value is -3.68. The van der Waals surface area contributed by atoms with E-state index in [1.54, 1.807) is 74.5 Å². The van der Waals surface area contributed by atoms with E-state index in [1.807, 2.05) is 0 Å². The average Bonchev–Trinajstić information content (AvgIpc) is 3.35. The van der Waals surface area contributed by atoms with E-state index in [1.165, 1.54) is 0 Å². The number of fused-ring (bicyclic) bond motifs is 1. The number of nitrogens with zero attached hydrogens (tertiary/aromatic N) is 1. The normalized spacial score (nSPS) is 22.9. The summed E-state index contributed by atoms with van der Waals surface area (Å²) in [4.78, 5) is 55.2. The summed E-state index contributed by atoms with van der Waals surface area (Å²) in [5.41, 5.74) is -1.35. The van der Waals surface area contributed by atoms with Crippen molar-refractivity contribution < 1.29 is 33.4 Å². The van der Waals surface area contributed by atoms with E-state index < -0.39 is 47.2 Å². The van der Waals surface area contributed by atoms with Gasteiger partial charge in [0.2, 0.25) is 5.54 Å². The minimum absolute atomic E-state index is 0.0192. The Balaban J connectivity index is 2.01. The third-order valence-corrected chi connectivity index (χ3v) is 6.17. The first-order valence-corrected chi connectivity index (χ1v) is 10.9. The van der Waals surface area contributed by atoms with Gasteiger partial charge in [0.15, 0.2) is 0 Å². The second kappa shape index (κ2) is 9.05. The topological polar surface area (TPSA) is 99.2 Å². The average molecular weight is 451 g/mol. The fraction of sp³-hybridized carbons (Fsp3) is 0.360. The molecular formula is C25H25NO7. The van der Waals surface area contributed by atoms with Crippen molar-refractivity contribution in [2.24, 2.45) is 5.92 Å². The van der Waals surface area contributed by atoms with Crippen molar-refractivity contribution >= 4 is 23.8 Å². The molecule has 0 unspecified atom stereocenters. The number of benzene rings is 2. The van der Waals surface area contributed by atoms with Gasteiger partial charge in [-0.3, -0.25) is 9.69 Å². The number of carbonyl (C=O) groups is 4. The lowest BCUT2D eigenvalue weighted by Gasteiger charge is -2.39. The lowest BCUT2D eigenvalue weighted by molar-refractivity contribution is -0.174. The van der Waals surface area contributed by atoms with Gasteiger partial charge in [-0.1, -0.05) is 48.5 Å². The summed E-state index contributed by atoms with van der Waals surface area (Å²) in [5.74, 6) is -4.71. The van der Waals surface area contributed by atoms with Crippen LogP contribution in [0.15, 0.2) is 60.7 Å². The second-order valence-electron chi connectivity index (χ2n) is 7.88. The van der Waals surface area contributed by atoms with Crippen LogP contribution < -0.4 is 0 Å². The summed E-state index contributed by atoms with van der Waals surface area (Å²) in [7, 11) is 0. The number of hydrogen-bond donors (Lipinski definition) is 0. The maximum atomic E-state index is 13.8. The second-order valence-corrected chi connectivity index (χ2v) is 7.88. The largest absolute Gasteiger partial charge is 0.464 e. The van der Waals surface area contributed by atoms with Gasteiger partial charge in [-0.05, 0) is 31.5 Å². The summed E-state index contributed by atoms with van der Waals surface area (Å²) >= 11 is 0. The van der Waals surface area contributed by atoms with Crippen molar-refractivity contribution in [2.75, 3.05) is 19.8 Å². The van der Waals surface area contributed by atoms with Crippen LogP contribution in [0.1, 0.15) is 35.7 Å². The molecular weight excluding hydrogens is 426 g/mol. The van der Waals surface area contributed by atoms with Crippen LogP contribution in [0.2, 0.25) is 0 Å². The molecule has 8 heteroatoms. The molecule has 2 fully saturated rings. The van der Waals surface area contributed by atoms with Gasteiger partial charge in [-0.2, -0.15) is 0 Å². The summed E-state index contributed by atoms with van der Waals surface area (Å²) < 4.78 is 16.1. The van der Waals surface area contributed by atoms with Crippen LogP contribution in [0, 0.1) is 5.92 Å². The van der Waals surface area contributed by atoms with E-state index in [0.29, 0.717) is 5.56 Å². The molecule has 8 nitrogen and oxygen atoms in total. The molecule has 3 atom stereocenters. The number of cyclic esters (lactones) is 1. The molecule has 0 aromatic heterocycles. The third-order valence-electron chi connectivity index (χ3n) is 6.17. The van der Waals surface area contributed by atoms with Gasteiger partial charge in [0.05, 0.1) is 19.8 Å². The number of amides is 1. The zero-order valence-corrected chi connectivity index (χ0v) is 18.4. The number of hydrogen-bond acceptors (Lipinski definition) is 7. The monoisotopic (exact) mass is 451 g/mol. The predicted molar refractivity (Wildman–Crippen MR) is 116 cm³/mol. The summed E-state index contributed by atoms with van der Waals surface area (Å²) in [6.45, 7) is 3.15. The van der Waals surface area contributed by atoms with E-state index in [-0.39, 0.29) is 25.4 Å². The molecule has 2 aromatic rings. The van der Waals surface area contributed by atoms with Gasteiger partial charge in [0.1, 0.15) is 6.04 Å². The van der Waals surface area contributed by atoms with Gasteiger partial charge in [0.25, 0.3) is 5.91 Å². The predicted octanol–water partition coefficient (Wildman–Crippen LogP) is 2.33. The highest BCUT2D eigenvalue weighted by Gasteiger charge is 2.74. The molecule has 2 aliphatic rings. The molecule has 1 amide bonds. The van der Waals surface area contributed by atoms with E-state index >= 15 is 0 Å². The third kappa shape index (κ3) is 3.46. The molecule has 0 N–H and O–H groups in total. The highest BCUT2D eigenvalue weighted by atomic mass is 16.6. The van der Waals surface area contributed by atoms with Crippen LogP contribution in [-0.4, -0.2) is 60.1 Å². The van der Waals surface area contributed by atoms with E-state index in [0.717, 1.165) is 4.90 Å². The van der Waals surface area contributed by atoms with Crippen molar-refractivity contribution in [3.05, 3.63) is 71.8 Å². The number of carbonyl (C=O) groups excluding carboxylic acids is 4. The quantitative estimate of drug-likeness (QED) is 0.378. The number of rotatable bonds is 6. The highest BCUT2D eigenvalue weighted by molar-refractivity contribution is 6.13. The molecule has 4 rings (SSSR count). The van der Waals surface area contributed by atoms with E-state index in [2.05, 4.69) is 0 Å². The molecule has 0 radical (unpaired) electrons. The Bertz CT molecular complexity index is 1030. The van der Waals surface area contributed by atoms with Gasteiger partial charge < -0.3 is 14.2 Å². The Kier molecular flexibility index (Phi) is 6.18. The maximum absolute atomic E-state index is 13.8. The van der Waals surface area contributed by atoms with E-state index in [9.17, 15) is 19.2 Å². The van der Waals surface area contributed by atoms with Crippen molar-refractivity contribution in [3.8, 4) is 0 Å². The Morgan fingerprint density at radius 1 is 0.939 bits per heavy atom. The zero-order chi connectivity index (χ0) is 23.6. The molecule has 172 valence electrons. The molecule has 2 saturated heterocycles. The van der Waals surface area contributed by atoms with Crippen LogP contribution in [0.3, 0.4) is 0 Å². The SMILES string of the molecule is CCOC(=O)C1(C(=O)OCC)[C@H](c2ccccc2)[C@H]2COC(=O)[C@H]2N1C(=O)c1ccccc1. The molecule has 0 aliphatic carbocycles. The first-order chi connectivity index (χ1) is 16.0. The number of esters is 3. The molecule has 0 bridgehead atoms. The van der Waals surface area contributed by atoms with E-state index in [4.69, 9.17) is 14.2 Å². The first-order valence-electron chi connectivity index (χ1n) is 10.9. The molecule has 0 saturated carbocycles. The standard InChI is InChI=1S/C25H25NO7/c1-3-31-23(29)25(24(30)32-4-2)19(16-11-7-5-8-12-16)18-15-33-22(28)20(18)26(25)21(27)17-13-9-6-10-14-17/h5-14,18-20H,3-4,15H2,1-2H3/t18-,19-,20+/m1/s1. The van der Waals surface area contributed by atoms with Gasteiger partial charge >= 0.3 is 17.9 Å². The number of likely N-dealkylation sites (tertiary alicyclic amines) is 1.